The first-order chi connectivity index (χ1) is 27.1. The van der Waals surface area contributed by atoms with Gasteiger partial charge < -0.3 is 4.42 Å². The fourth-order valence-corrected chi connectivity index (χ4v) is 10.0. The molecule has 0 fully saturated rings. The van der Waals surface area contributed by atoms with Crippen molar-refractivity contribution in [1.82, 2.24) is 15.0 Å². The Balaban J connectivity index is 1.17. The molecule has 2 aromatic heterocycles. The quantitative estimate of drug-likeness (QED) is 0.182. The summed E-state index contributed by atoms with van der Waals surface area (Å²) in [5.74, 6) is 1.91. The topological polar surface area (TPSA) is 51.8 Å². The zero-order valence-electron chi connectivity index (χ0n) is 32.5. The van der Waals surface area contributed by atoms with E-state index in [1.807, 2.05) is 48.5 Å². The number of rotatable bonds is 3. The first-order valence-electron chi connectivity index (χ1n) is 19.6. The van der Waals surface area contributed by atoms with Crippen LogP contribution in [-0.4, -0.2) is 15.0 Å². The van der Waals surface area contributed by atoms with Crippen molar-refractivity contribution in [2.24, 2.45) is 0 Å². The first-order valence-corrected chi connectivity index (χ1v) is 19.6. The van der Waals surface area contributed by atoms with Gasteiger partial charge in [0.25, 0.3) is 0 Å². The van der Waals surface area contributed by atoms with E-state index < -0.39 is 0 Å². The van der Waals surface area contributed by atoms with Crippen LogP contribution in [0.5, 0.6) is 0 Å². The summed E-state index contributed by atoms with van der Waals surface area (Å²) >= 11 is 0. The molecule has 7 aromatic carbocycles. The Bertz CT molecular complexity index is 3110. The molecule has 56 heavy (non-hydrogen) atoms. The SMILES string of the molecule is CC1(C)c2cc(-c3nc(-c4ccccc4)nc(-c4cccc5oc6ccccc6c45)n3)ccc2-c2c3c(c4ccccc4c21)C(C)(C)C(C)(C)c1ccccc1-3. The van der Waals surface area contributed by atoms with E-state index in [1.165, 1.54) is 55.3 Å². The van der Waals surface area contributed by atoms with Crippen LogP contribution in [-0.2, 0) is 16.2 Å². The van der Waals surface area contributed by atoms with Gasteiger partial charge >= 0.3 is 0 Å². The van der Waals surface area contributed by atoms with E-state index in [4.69, 9.17) is 19.4 Å². The van der Waals surface area contributed by atoms with Crippen LogP contribution < -0.4 is 0 Å². The van der Waals surface area contributed by atoms with Crippen molar-refractivity contribution in [3.8, 4) is 56.4 Å². The summed E-state index contributed by atoms with van der Waals surface area (Å²) in [7, 11) is 0. The minimum Gasteiger partial charge on any atom is -0.456 e. The summed E-state index contributed by atoms with van der Waals surface area (Å²) in [5, 5.41) is 4.74. The number of furan rings is 1. The van der Waals surface area contributed by atoms with Gasteiger partial charge in [-0.15, -0.1) is 0 Å². The Morgan fingerprint density at radius 2 is 0.982 bits per heavy atom. The molecule has 11 rings (SSSR count). The van der Waals surface area contributed by atoms with Gasteiger partial charge in [0.1, 0.15) is 11.2 Å². The van der Waals surface area contributed by atoms with E-state index in [2.05, 4.69) is 133 Å². The molecule has 4 heteroatoms. The van der Waals surface area contributed by atoms with Gasteiger partial charge in [0.15, 0.2) is 17.5 Å². The minimum absolute atomic E-state index is 0.0751. The summed E-state index contributed by atoms with van der Waals surface area (Å²) < 4.78 is 6.29. The van der Waals surface area contributed by atoms with Crippen molar-refractivity contribution in [2.75, 3.05) is 0 Å². The molecule has 0 saturated carbocycles. The van der Waals surface area contributed by atoms with Crippen LogP contribution >= 0.6 is 0 Å². The molecular formula is C52H41N3O. The molecule has 270 valence electrons. The maximum Gasteiger partial charge on any atom is 0.164 e. The lowest BCUT2D eigenvalue weighted by atomic mass is 9.54. The fraction of sp³-hybridized carbons (Fsp3) is 0.173. The summed E-state index contributed by atoms with van der Waals surface area (Å²) in [6, 6.07) is 49.6. The Morgan fingerprint density at radius 3 is 1.77 bits per heavy atom. The molecule has 0 radical (unpaired) electrons. The molecule has 4 nitrogen and oxygen atoms in total. The van der Waals surface area contributed by atoms with Gasteiger partial charge in [0.2, 0.25) is 0 Å². The minimum atomic E-state index is -0.291. The maximum atomic E-state index is 6.29. The van der Waals surface area contributed by atoms with E-state index in [1.54, 1.807) is 0 Å². The second-order valence-corrected chi connectivity index (χ2v) is 17.2. The van der Waals surface area contributed by atoms with E-state index in [-0.39, 0.29) is 16.2 Å². The Kier molecular flexibility index (Phi) is 6.68. The lowest BCUT2D eigenvalue weighted by Crippen LogP contribution is -2.44. The molecule has 0 unspecified atom stereocenters. The van der Waals surface area contributed by atoms with Crippen molar-refractivity contribution in [2.45, 2.75) is 57.8 Å². The van der Waals surface area contributed by atoms with Crippen LogP contribution in [0.1, 0.15) is 63.8 Å². The molecule has 2 heterocycles. The van der Waals surface area contributed by atoms with Crippen LogP contribution in [0.4, 0.5) is 0 Å². The summed E-state index contributed by atoms with van der Waals surface area (Å²) in [5.41, 5.74) is 14.9. The highest BCUT2D eigenvalue weighted by Crippen LogP contribution is 2.63. The summed E-state index contributed by atoms with van der Waals surface area (Å²) in [6.45, 7) is 14.5. The number of para-hydroxylation sites is 1. The monoisotopic (exact) mass is 723 g/mol. The zero-order valence-corrected chi connectivity index (χ0v) is 32.5. The Morgan fingerprint density at radius 1 is 0.411 bits per heavy atom. The van der Waals surface area contributed by atoms with Gasteiger partial charge in [0.05, 0.1) is 0 Å². The number of aromatic nitrogens is 3. The largest absolute Gasteiger partial charge is 0.456 e. The lowest BCUT2D eigenvalue weighted by Gasteiger charge is -2.49. The van der Waals surface area contributed by atoms with Crippen molar-refractivity contribution in [3.63, 3.8) is 0 Å². The zero-order chi connectivity index (χ0) is 38.1. The lowest BCUT2D eigenvalue weighted by molar-refractivity contribution is 0.301. The van der Waals surface area contributed by atoms with Crippen molar-refractivity contribution < 1.29 is 4.42 Å². The molecule has 0 atom stereocenters. The summed E-state index contributed by atoms with van der Waals surface area (Å²) in [6.07, 6.45) is 0. The molecule has 0 saturated heterocycles. The van der Waals surface area contributed by atoms with Gasteiger partial charge in [-0.25, -0.2) is 15.0 Å². The van der Waals surface area contributed by atoms with Crippen LogP contribution in [0.15, 0.2) is 144 Å². The molecule has 9 aromatic rings. The van der Waals surface area contributed by atoms with Gasteiger partial charge in [-0.3, -0.25) is 0 Å². The maximum absolute atomic E-state index is 6.29. The first kappa shape index (κ1) is 33.0. The number of hydrogen-bond donors (Lipinski definition) is 0. The molecule has 0 bridgehead atoms. The van der Waals surface area contributed by atoms with Crippen molar-refractivity contribution in [3.05, 3.63) is 162 Å². The molecule has 0 N–H and O–H groups in total. The molecular weight excluding hydrogens is 683 g/mol. The highest BCUT2D eigenvalue weighted by atomic mass is 16.3. The smallest absolute Gasteiger partial charge is 0.164 e. The van der Waals surface area contributed by atoms with Crippen LogP contribution in [0.2, 0.25) is 0 Å². The van der Waals surface area contributed by atoms with Crippen LogP contribution in [0.3, 0.4) is 0 Å². The van der Waals surface area contributed by atoms with Gasteiger partial charge in [0, 0.05) is 38.3 Å². The van der Waals surface area contributed by atoms with E-state index in [9.17, 15) is 0 Å². The predicted molar refractivity (Wildman–Crippen MR) is 230 cm³/mol. The van der Waals surface area contributed by atoms with Crippen LogP contribution in [0, 0.1) is 0 Å². The van der Waals surface area contributed by atoms with Gasteiger partial charge in [-0.1, -0.05) is 163 Å². The average Bonchev–Trinajstić information content (AvgIpc) is 3.72. The van der Waals surface area contributed by atoms with E-state index in [0.717, 1.165) is 38.6 Å². The average molecular weight is 724 g/mol. The Hall–Kier alpha value is -6.39. The van der Waals surface area contributed by atoms with Crippen molar-refractivity contribution in [1.29, 1.82) is 0 Å². The second kappa shape index (κ2) is 11.3. The standard InChI is InChI=1S/C52H41N3O/c1-50(2)39-29-31(48-53-47(30-17-8-7-9-18-30)54-49(55-48)37-23-16-26-41-42(37)36-22-13-15-25-40(36)56-41)27-28-35(39)43-44-34-21-12-14-24-38(34)51(3,4)52(5,6)46(44)33-20-11-10-19-32(33)45(43)50/h7-29H,1-6H3. The van der Waals surface area contributed by atoms with Crippen molar-refractivity contribution >= 4 is 32.7 Å². The van der Waals surface area contributed by atoms with E-state index >= 15 is 0 Å². The molecule has 2 aliphatic carbocycles. The predicted octanol–water partition coefficient (Wildman–Crippen LogP) is 13.5. The molecule has 0 spiro atoms. The second-order valence-electron chi connectivity index (χ2n) is 17.2. The fourth-order valence-electron chi connectivity index (χ4n) is 10.0. The van der Waals surface area contributed by atoms with Gasteiger partial charge in [-0.2, -0.15) is 0 Å². The highest BCUT2D eigenvalue weighted by Gasteiger charge is 2.50. The highest BCUT2D eigenvalue weighted by molar-refractivity contribution is 6.12. The van der Waals surface area contributed by atoms with E-state index in [0.29, 0.717) is 17.5 Å². The number of fused-ring (bicyclic) bond motifs is 13. The number of hydrogen-bond acceptors (Lipinski definition) is 4. The third kappa shape index (κ3) is 4.33. The Labute approximate surface area is 326 Å². The van der Waals surface area contributed by atoms with Gasteiger partial charge in [-0.05, 0) is 78.9 Å². The third-order valence-electron chi connectivity index (χ3n) is 13.4. The molecule has 0 aliphatic heterocycles. The molecule has 0 amide bonds. The number of benzene rings is 7. The summed E-state index contributed by atoms with van der Waals surface area (Å²) in [4.78, 5) is 15.6. The third-order valence-corrected chi connectivity index (χ3v) is 13.4. The normalized spacial score (nSPS) is 15.8. The molecule has 2 aliphatic rings. The number of nitrogens with zero attached hydrogens (tertiary/aromatic N) is 3. The van der Waals surface area contributed by atoms with Crippen LogP contribution in [0.25, 0.3) is 89.1 Å².